The Morgan fingerprint density at radius 2 is 1.91 bits per heavy atom. The molecule has 2 aliphatic heterocycles. The monoisotopic (exact) mass is 635 g/mol. The Kier molecular flexibility index (Phi) is 9.78. The predicted molar refractivity (Wildman–Crippen MR) is 168 cm³/mol. The summed E-state index contributed by atoms with van der Waals surface area (Å²) in [6.07, 6.45) is 9.00. The van der Waals surface area contributed by atoms with Crippen molar-refractivity contribution in [3.05, 3.63) is 42.0 Å². The topological polar surface area (TPSA) is 169 Å². The van der Waals surface area contributed by atoms with Gasteiger partial charge in [-0.15, -0.1) is 10.2 Å². The van der Waals surface area contributed by atoms with E-state index < -0.39 is 53.1 Å². The van der Waals surface area contributed by atoms with Gasteiger partial charge in [0.05, 0.1) is 6.04 Å². The lowest BCUT2D eigenvalue weighted by atomic mass is 10.0. The van der Waals surface area contributed by atoms with E-state index in [1.807, 2.05) is 36.4 Å². The number of hydrogen-bond donors (Lipinski definition) is 3. The lowest BCUT2D eigenvalue weighted by Crippen LogP contribution is -2.56. The SMILES string of the molecule is CCCc1ccc(-c2nnn([C@@H]3CC4C(=O)NC5(C(=O)O)CC5/C=C\CCCCCC(NC(=O)OC(C)(C)C)C(=O)N4C3)n2)cc1. The summed E-state index contributed by atoms with van der Waals surface area (Å²) in [5, 5.41) is 28.7. The van der Waals surface area contributed by atoms with Gasteiger partial charge in [0, 0.05) is 24.4 Å². The third kappa shape index (κ3) is 7.56. The second kappa shape index (κ2) is 13.6. The fourth-order valence-corrected chi connectivity index (χ4v) is 6.30. The van der Waals surface area contributed by atoms with Crippen LogP contribution in [-0.2, 0) is 25.5 Å². The number of allylic oxidation sites excluding steroid dienone is 1. The molecule has 2 fully saturated rings. The summed E-state index contributed by atoms with van der Waals surface area (Å²) in [5.74, 6) is -2.02. The van der Waals surface area contributed by atoms with Crippen LogP contribution < -0.4 is 10.6 Å². The second-order valence-electron chi connectivity index (χ2n) is 13.6. The van der Waals surface area contributed by atoms with Crippen LogP contribution in [0.3, 0.4) is 0 Å². The molecule has 3 amide bonds. The minimum Gasteiger partial charge on any atom is -0.479 e. The quantitative estimate of drug-likeness (QED) is 0.400. The number of aromatic nitrogens is 4. The van der Waals surface area contributed by atoms with Crippen molar-refractivity contribution in [3.8, 4) is 11.4 Å². The molecule has 3 heterocycles. The number of carbonyl (C=O) groups is 4. The van der Waals surface area contributed by atoms with E-state index in [2.05, 4.69) is 33.0 Å². The Hall–Kier alpha value is -4.29. The van der Waals surface area contributed by atoms with Crippen molar-refractivity contribution >= 4 is 23.9 Å². The van der Waals surface area contributed by atoms with Crippen LogP contribution >= 0.6 is 0 Å². The van der Waals surface area contributed by atoms with Crippen molar-refractivity contribution in [3.63, 3.8) is 0 Å². The van der Waals surface area contributed by atoms with E-state index in [9.17, 15) is 24.3 Å². The van der Waals surface area contributed by atoms with E-state index in [-0.39, 0.29) is 25.3 Å². The molecule has 3 aliphatic rings. The Labute approximate surface area is 269 Å². The Morgan fingerprint density at radius 3 is 2.61 bits per heavy atom. The molecule has 0 spiro atoms. The third-order valence-corrected chi connectivity index (χ3v) is 8.83. The number of amides is 3. The molecule has 5 atom stereocenters. The van der Waals surface area contributed by atoms with Crippen LogP contribution in [0, 0.1) is 5.92 Å². The summed E-state index contributed by atoms with van der Waals surface area (Å²) in [7, 11) is 0. The van der Waals surface area contributed by atoms with Gasteiger partial charge >= 0.3 is 12.1 Å². The first-order valence-corrected chi connectivity index (χ1v) is 16.3. The van der Waals surface area contributed by atoms with E-state index in [4.69, 9.17) is 4.74 Å². The number of fused-ring (bicyclic) bond motifs is 2. The molecule has 0 radical (unpaired) electrons. The van der Waals surface area contributed by atoms with Crippen LogP contribution in [-0.4, -0.2) is 83.9 Å². The number of nitrogens with zero attached hydrogens (tertiary/aromatic N) is 5. The summed E-state index contributed by atoms with van der Waals surface area (Å²) in [6.45, 7) is 7.43. The zero-order valence-electron chi connectivity index (χ0n) is 27.1. The van der Waals surface area contributed by atoms with Crippen molar-refractivity contribution < 1.29 is 29.0 Å². The number of carboxylic acid groups (broad SMARTS) is 1. The lowest BCUT2D eigenvalue weighted by molar-refractivity contribution is -0.145. The van der Waals surface area contributed by atoms with Gasteiger partial charge in [0.2, 0.25) is 17.6 Å². The normalized spacial score (nSPS) is 27.8. The number of benzene rings is 1. The fraction of sp³-hybridized carbons (Fsp3) is 0.606. The number of aliphatic carboxylic acids is 1. The fourth-order valence-electron chi connectivity index (χ4n) is 6.30. The number of aryl methyl sites for hydroxylation is 1. The van der Waals surface area contributed by atoms with Crippen LogP contribution in [0.1, 0.15) is 90.7 Å². The largest absolute Gasteiger partial charge is 0.479 e. The number of alkyl carbamates (subject to hydrolysis) is 1. The molecule has 1 saturated heterocycles. The van der Waals surface area contributed by atoms with Gasteiger partial charge in [0.15, 0.2) is 0 Å². The number of tetrazole rings is 1. The van der Waals surface area contributed by atoms with Gasteiger partial charge in [0.1, 0.15) is 23.2 Å². The summed E-state index contributed by atoms with van der Waals surface area (Å²) in [6, 6.07) is 5.51. The second-order valence-corrected chi connectivity index (χ2v) is 13.6. The first-order valence-electron chi connectivity index (χ1n) is 16.3. The Bertz CT molecular complexity index is 1470. The highest BCUT2D eigenvalue weighted by molar-refractivity contribution is 5.96. The molecular formula is C33H45N7O6. The molecule has 13 nitrogen and oxygen atoms in total. The smallest absolute Gasteiger partial charge is 0.408 e. The van der Waals surface area contributed by atoms with Crippen LogP contribution in [0.15, 0.2) is 36.4 Å². The average Bonchev–Trinajstić information content (AvgIpc) is 3.31. The summed E-state index contributed by atoms with van der Waals surface area (Å²) < 4.78 is 5.46. The lowest BCUT2D eigenvalue weighted by Gasteiger charge is -2.30. The van der Waals surface area contributed by atoms with Gasteiger partial charge in [-0.05, 0) is 63.7 Å². The molecule has 0 bridgehead atoms. The highest BCUT2D eigenvalue weighted by Gasteiger charge is 2.61. The molecule has 5 rings (SSSR count). The van der Waals surface area contributed by atoms with E-state index >= 15 is 0 Å². The highest BCUT2D eigenvalue weighted by Crippen LogP contribution is 2.45. The standard InChI is InChI=1S/C33H45N7O6/c1-5-11-21-14-16-22(17-15-21)27-36-38-40(37-27)24-18-26-28(41)35-33(30(43)44)19-23(33)12-9-7-6-8-10-13-25(29(42)39(26)20-24)34-31(45)46-32(2,3)4/h9,12,14-17,23-26H,5-8,10-11,13,18-20H2,1-4H3,(H,34,45)(H,35,41)(H,43,44)/b12-9-/t23?,24-,25?,26?,33?/m1/s1. The Morgan fingerprint density at radius 1 is 1.15 bits per heavy atom. The number of rotatable bonds is 6. The van der Waals surface area contributed by atoms with Crippen LogP contribution in [0.4, 0.5) is 4.79 Å². The molecule has 1 aliphatic carbocycles. The molecule has 46 heavy (non-hydrogen) atoms. The van der Waals surface area contributed by atoms with E-state index in [0.29, 0.717) is 18.7 Å². The van der Waals surface area contributed by atoms with Gasteiger partial charge in [-0.3, -0.25) is 9.59 Å². The predicted octanol–water partition coefficient (Wildman–Crippen LogP) is 3.81. The van der Waals surface area contributed by atoms with E-state index in [1.54, 1.807) is 20.8 Å². The van der Waals surface area contributed by atoms with Crippen LogP contribution in [0.5, 0.6) is 0 Å². The van der Waals surface area contributed by atoms with Gasteiger partial charge < -0.3 is 25.4 Å². The van der Waals surface area contributed by atoms with E-state index in [1.165, 1.54) is 15.3 Å². The number of hydrogen-bond acceptors (Lipinski definition) is 8. The molecular weight excluding hydrogens is 590 g/mol. The molecule has 1 aromatic carbocycles. The summed E-state index contributed by atoms with van der Waals surface area (Å²) in [5.41, 5.74) is -0.174. The van der Waals surface area contributed by atoms with Crippen molar-refractivity contribution in [2.45, 2.75) is 115 Å². The molecule has 1 aromatic heterocycles. The third-order valence-electron chi connectivity index (χ3n) is 8.83. The molecule has 248 valence electrons. The summed E-state index contributed by atoms with van der Waals surface area (Å²) in [4.78, 5) is 56.1. The van der Waals surface area contributed by atoms with Gasteiger partial charge in [0.25, 0.3) is 0 Å². The molecule has 1 saturated carbocycles. The van der Waals surface area contributed by atoms with Gasteiger partial charge in [-0.2, -0.15) is 4.80 Å². The minimum atomic E-state index is -1.42. The van der Waals surface area contributed by atoms with Crippen LogP contribution in [0.2, 0.25) is 0 Å². The van der Waals surface area contributed by atoms with Crippen molar-refractivity contribution in [1.29, 1.82) is 0 Å². The maximum absolute atomic E-state index is 14.2. The number of carboxylic acids is 1. The number of carbonyl (C=O) groups excluding carboxylic acids is 3. The summed E-state index contributed by atoms with van der Waals surface area (Å²) >= 11 is 0. The number of ether oxygens (including phenoxy) is 1. The number of nitrogens with one attached hydrogen (secondary N) is 2. The van der Waals surface area contributed by atoms with Gasteiger partial charge in [-0.1, -0.05) is 62.6 Å². The zero-order valence-corrected chi connectivity index (χ0v) is 27.1. The molecule has 2 aromatic rings. The zero-order chi connectivity index (χ0) is 33.1. The Balaban J connectivity index is 1.42. The van der Waals surface area contributed by atoms with Crippen molar-refractivity contribution in [2.24, 2.45) is 5.92 Å². The molecule has 13 heteroatoms. The van der Waals surface area contributed by atoms with Crippen molar-refractivity contribution in [1.82, 2.24) is 35.7 Å². The molecule has 4 unspecified atom stereocenters. The maximum atomic E-state index is 14.2. The van der Waals surface area contributed by atoms with Crippen molar-refractivity contribution in [2.75, 3.05) is 6.54 Å². The average molecular weight is 636 g/mol. The highest BCUT2D eigenvalue weighted by atomic mass is 16.6. The van der Waals surface area contributed by atoms with Crippen LogP contribution in [0.25, 0.3) is 11.4 Å². The minimum absolute atomic E-state index is 0.0814. The first-order chi connectivity index (χ1) is 21.9. The van der Waals surface area contributed by atoms with Gasteiger partial charge in [-0.25, -0.2) is 9.59 Å². The first kappa shape index (κ1) is 33.1. The van der Waals surface area contributed by atoms with E-state index in [0.717, 1.165) is 37.7 Å². The maximum Gasteiger partial charge on any atom is 0.408 e. The molecule has 3 N–H and O–H groups in total.